The summed E-state index contributed by atoms with van der Waals surface area (Å²) in [4.78, 5) is 14.0. The van der Waals surface area contributed by atoms with Crippen molar-refractivity contribution in [2.45, 2.75) is 39.0 Å². The van der Waals surface area contributed by atoms with Crippen LogP contribution in [0.2, 0.25) is 5.02 Å². The number of aromatic carboxylic acids is 1. The minimum Gasteiger partial charge on any atom is -0.478 e. The van der Waals surface area contributed by atoms with Crippen molar-refractivity contribution in [2.75, 3.05) is 26.3 Å². The van der Waals surface area contributed by atoms with Gasteiger partial charge in [0.25, 0.3) is 0 Å². The molecule has 0 aromatic heterocycles. The molecule has 1 saturated heterocycles. The Kier molecular flexibility index (Phi) is 7.78. The van der Waals surface area contributed by atoms with Gasteiger partial charge in [0.2, 0.25) is 0 Å². The number of benzene rings is 3. The molecule has 5 rings (SSSR count). The zero-order chi connectivity index (χ0) is 25.9. The first-order valence-electron chi connectivity index (χ1n) is 13.2. The smallest absolute Gasteiger partial charge is 0.335 e. The van der Waals surface area contributed by atoms with Crippen LogP contribution in [0.1, 0.15) is 63.0 Å². The topological polar surface area (TPSA) is 40.5 Å². The van der Waals surface area contributed by atoms with E-state index in [9.17, 15) is 14.3 Å². The lowest BCUT2D eigenvalue weighted by Gasteiger charge is -2.39. The van der Waals surface area contributed by atoms with E-state index in [0.717, 1.165) is 83.7 Å². The number of carboxylic acid groups (broad SMARTS) is 1. The van der Waals surface area contributed by atoms with E-state index in [2.05, 4.69) is 41.3 Å². The summed E-state index contributed by atoms with van der Waals surface area (Å²) in [5.74, 6) is -0.275. The Morgan fingerprint density at radius 2 is 1.84 bits per heavy atom. The van der Waals surface area contributed by atoms with E-state index in [1.54, 1.807) is 6.07 Å². The Hall–Kier alpha value is -2.95. The Morgan fingerprint density at radius 3 is 2.57 bits per heavy atom. The minimum absolute atomic E-state index is 0.241. The fraction of sp³-hybridized carbons (Fsp3) is 0.344. The van der Waals surface area contributed by atoms with Crippen molar-refractivity contribution in [2.24, 2.45) is 5.92 Å². The zero-order valence-electron chi connectivity index (χ0n) is 21.3. The highest BCUT2D eigenvalue weighted by atomic mass is 35.5. The Morgan fingerprint density at radius 1 is 1.05 bits per heavy atom. The third kappa shape index (κ3) is 5.51. The number of rotatable bonds is 8. The largest absolute Gasteiger partial charge is 0.478 e. The van der Waals surface area contributed by atoms with Gasteiger partial charge in [0, 0.05) is 19.6 Å². The van der Waals surface area contributed by atoms with E-state index in [1.165, 1.54) is 11.1 Å². The summed E-state index contributed by atoms with van der Waals surface area (Å²) in [6.07, 6.45) is 4.28. The molecule has 5 heteroatoms. The highest BCUT2D eigenvalue weighted by molar-refractivity contribution is 6.33. The molecule has 0 spiro atoms. The molecule has 2 aliphatic rings. The molecule has 0 radical (unpaired) electrons. The SMILES string of the molecule is Cc1cccc(C2=C(c3ccc(CC4CN(CCCF)C4)cc3)c3ccc(C(=O)O)cc3CCC2)c1Cl. The number of nitrogens with zero attached hydrogens (tertiary/aromatic N) is 1. The van der Waals surface area contributed by atoms with Gasteiger partial charge in [-0.25, -0.2) is 4.79 Å². The van der Waals surface area contributed by atoms with Gasteiger partial charge in [-0.05, 0) is 102 Å². The molecule has 0 bridgehead atoms. The first-order chi connectivity index (χ1) is 17.9. The second-order valence-electron chi connectivity index (χ2n) is 10.4. The number of fused-ring (bicyclic) bond motifs is 1. The Balaban J connectivity index is 1.51. The van der Waals surface area contributed by atoms with E-state index in [4.69, 9.17) is 11.6 Å². The van der Waals surface area contributed by atoms with Gasteiger partial charge in [-0.15, -0.1) is 0 Å². The molecule has 1 fully saturated rings. The minimum atomic E-state index is -0.900. The number of halogens is 2. The van der Waals surface area contributed by atoms with Crippen LogP contribution >= 0.6 is 11.6 Å². The van der Waals surface area contributed by atoms with E-state index in [1.807, 2.05) is 25.1 Å². The lowest BCUT2D eigenvalue weighted by atomic mass is 9.86. The molecule has 37 heavy (non-hydrogen) atoms. The van der Waals surface area contributed by atoms with Crippen LogP contribution in [-0.4, -0.2) is 42.3 Å². The predicted octanol–water partition coefficient (Wildman–Crippen LogP) is 7.48. The summed E-state index contributed by atoms with van der Waals surface area (Å²) in [6, 6.07) is 20.5. The number of carboxylic acids is 1. The van der Waals surface area contributed by atoms with E-state index in [0.29, 0.717) is 17.9 Å². The molecule has 0 atom stereocenters. The molecule has 3 nitrogen and oxygen atoms in total. The maximum absolute atomic E-state index is 12.4. The quantitative estimate of drug-likeness (QED) is 0.337. The number of allylic oxidation sites excluding steroid dienone is 1. The molecule has 1 aliphatic heterocycles. The molecule has 0 saturated carbocycles. The monoisotopic (exact) mass is 517 g/mol. The maximum Gasteiger partial charge on any atom is 0.335 e. The average molecular weight is 518 g/mol. The first-order valence-corrected chi connectivity index (χ1v) is 13.5. The Bertz CT molecular complexity index is 1330. The predicted molar refractivity (Wildman–Crippen MR) is 149 cm³/mol. The number of aryl methyl sites for hydroxylation is 2. The van der Waals surface area contributed by atoms with Gasteiger partial charge in [-0.1, -0.05) is 60.1 Å². The third-order valence-corrected chi connectivity index (χ3v) is 8.22. The lowest BCUT2D eigenvalue weighted by Crippen LogP contribution is -2.47. The number of hydrogen-bond acceptors (Lipinski definition) is 2. The first kappa shape index (κ1) is 25.7. The van der Waals surface area contributed by atoms with Gasteiger partial charge >= 0.3 is 5.97 Å². The molecule has 1 aliphatic carbocycles. The molecular formula is C32H33ClFNO2. The van der Waals surface area contributed by atoms with Crippen molar-refractivity contribution in [3.63, 3.8) is 0 Å². The molecule has 1 heterocycles. The molecule has 3 aromatic rings. The van der Waals surface area contributed by atoms with Crippen LogP contribution in [0, 0.1) is 12.8 Å². The fourth-order valence-corrected chi connectivity index (χ4v) is 6.05. The van der Waals surface area contributed by atoms with E-state index in [-0.39, 0.29) is 6.67 Å². The summed E-state index contributed by atoms with van der Waals surface area (Å²) in [6.45, 7) is 4.73. The van der Waals surface area contributed by atoms with Crippen LogP contribution in [0.4, 0.5) is 4.39 Å². The van der Waals surface area contributed by atoms with Crippen molar-refractivity contribution >= 4 is 28.7 Å². The van der Waals surface area contributed by atoms with Crippen molar-refractivity contribution < 1.29 is 14.3 Å². The molecule has 1 N–H and O–H groups in total. The number of alkyl halides is 1. The Labute approximate surface area is 223 Å². The van der Waals surface area contributed by atoms with E-state index < -0.39 is 5.97 Å². The van der Waals surface area contributed by atoms with E-state index >= 15 is 0 Å². The van der Waals surface area contributed by atoms with Gasteiger partial charge in [0.15, 0.2) is 0 Å². The van der Waals surface area contributed by atoms with Crippen molar-refractivity contribution in [1.29, 1.82) is 0 Å². The second-order valence-corrected chi connectivity index (χ2v) is 10.8. The molecule has 192 valence electrons. The summed E-state index contributed by atoms with van der Waals surface area (Å²) in [7, 11) is 0. The van der Waals surface area contributed by atoms with Crippen molar-refractivity contribution in [1.82, 2.24) is 4.90 Å². The summed E-state index contributed by atoms with van der Waals surface area (Å²) in [5, 5.41) is 10.4. The number of hydrogen-bond donors (Lipinski definition) is 1. The summed E-state index contributed by atoms with van der Waals surface area (Å²) < 4.78 is 12.4. The molecule has 0 amide bonds. The van der Waals surface area contributed by atoms with Crippen molar-refractivity contribution in [3.8, 4) is 0 Å². The van der Waals surface area contributed by atoms with Gasteiger partial charge < -0.3 is 10.0 Å². The van der Waals surface area contributed by atoms with Crippen LogP contribution in [0.15, 0.2) is 60.7 Å². The summed E-state index contributed by atoms with van der Waals surface area (Å²) in [5.41, 5.74) is 9.38. The second kappa shape index (κ2) is 11.2. The van der Waals surface area contributed by atoms with Crippen LogP contribution in [0.5, 0.6) is 0 Å². The number of likely N-dealkylation sites (tertiary alicyclic amines) is 1. The normalized spacial score (nSPS) is 16.3. The van der Waals surface area contributed by atoms with Gasteiger partial charge in [0.05, 0.1) is 17.3 Å². The highest BCUT2D eigenvalue weighted by Crippen LogP contribution is 2.42. The van der Waals surface area contributed by atoms with Gasteiger partial charge in [-0.3, -0.25) is 4.39 Å². The van der Waals surface area contributed by atoms with Crippen LogP contribution < -0.4 is 0 Å². The van der Waals surface area contributed by atoms with Gasteiger partial charge in [0.1, 0.15) is 0 Å². The summed E-state index contributed by atoms with van der Waals surface area (Å²) >= 11 is 6.84. The zero-order valence-corrected chi connectivity index (χ0v) is 22.0. The third-order valence-electron chi connectivity index (χ3n) is 7.72. The fourth-order valence-electron chi connectivity index (χ4n) is 5.81. The molecular weight excluding hydrogens is 485 g/mol. The maximum atomic E-state index is 12.4. The van der Waals surface area contributed by atoms with Crippen LogP contribution in [0.25, 0.3) is 11.1 Å². The molecule has 3 aromatic carbocycles. The number of carbonyl (C=O) groups is 1. The van der Waals surface area contributed by atoms with Crippen LogP contribution in [0.3, 0.4) is 0 Å². The van der Waals surface area contributed by atoms with Crippen molar-refractivity contribution in [3.05, 3.63) is 105 Å². The average Bonchev–Trinajstić information content (AvgIpc) is 3.06. The highest BCUT2D eigenvalue weighted by Gasteiger charge is 2.26. The standard InChI is InChI=1S/C32H33ClFNO2/c1-21-5-2-8-29(31(21)33)28-7-3-6-25-18-26(32(36)37)13-14-27(25)30(28)24-11-9-22(10-12-24)17-23-19-35(20-23)16-4-15-34/h2,5,8-14,18,23H,3-4,6-7,15-17,19-20H2,1H3,(H,36,37). The van der Waals surface area contributed by atoms with Gasteiger partial charge in [-0.2, -0.15) is 0 Å². The molecule has 0 unspecified atom stereocenters. The lowest BCUT2D eigenvalue weighted by molar-refractivity contribution is 0.0696. The van der Waals surface area contributed by atoms with Crippen LogP contribution in [-0.2, 0) is 12.8 Å².